The smallest absolute Gasteiger partial charge is 0.254 e. The molecule has 340 valence electrons. The van der Waals surface area contributed by atoms with Gasteiger partial charge in [0.05, 0.1) is 65.1 Å². The van der Waals surface area contributed by atoms with Crippen molar-refractivity contribution in [2.45, 2.75) is 62.9 Å². The molecule has 0 bridgehead atoms. The highest BCUT2D eigenvalue weighted by Gasteiger charge is 2.28. The second kappa shape index (κ2) is 17.6. The predicted octanol–water partition coefficient (Wildman–Crippen LogP) is 4.15. The van der Waals surface area contributed by atoms with E-state index in [0.717, 1.165) is 92.2 Å². The number of thiophene rings is 1. The van der Waals surface area contributed by atoms with E-state index in [2.05, 4.69) is 65.6 Å². The van der Waals surface area contributed by atoms with Crippen molar-refractivity contribution in [3.8, 4) is 22.5 Å². The maximum Gasteiger partial charge on any atom is 0.254 e. The van der Waals surface area contributed by atoms with Gasteiger partial charge < -0.3 is 15.5 Å². The third-order valence-electron chi connectivity index (χ3n) is 11.9. The zero-order valence-electron chi connectivity index (χ0n) is 36.4. The molecule has 18 nitrogen and oxygen atoms in total. The van der Waals surface area contributed by atoms with Gasteiger partial charge >= 0.3 is 0 Å². The molecule has 1 aromatic carbocycles. The summed E-state index contributed by atoms with van der Waals surface area (Å²) in [5.41, 5.74) is 9.17. The second-order valence-corrected chi connectivity index (χ2v) is 20.8. The fraction of sp³-hybridized carbons (Fsp3) is 0.348. The van der Waals surface area contributed by atoms with Gasteiger partial charge in [0.2, 0.25) is 11.8 Å². The van der Waals surface area contributed by atoms with Crippen molar-refractivity contribution in [1.29, 1.82) is 0 Å². The number of benzene rings is 1. The van der Waals surface area contributed by atoms with Gasteiger partial charge in [0, 0.05) is 83.6 Å². The highest BCUT2D eigenvalue weighted by atomic mass is 32.2. The van der Waals surface area contributed by atoms with E-state index in [0.29, 0.717) is 51.5 Å². The summed E-state index contributed by atoms with van der Waals surface area (Å²) in [5.74, 6) is -1.42. The monoisotopic (exact) mass is 928 g/mol. The number of carbonyl (C=O) groups is 4. The Kier molecular flexibility index (Phi) is 11.6. The Morgan fingerprint density at radius 1 is 0.742 bits per heavy atom. The van der Waals surface area contributed by atoms with Gasteiger partial charge in [-0.05, 0) is 74.7 Å². The number of hydrogen-bond acceptors (Lipinski definition) is 15. The topological polar surface area (TPSA) is 217 Å². The van der Waals surface area contributed by atoms with Crippen LogP contribution in [0.3, 0.4) is 0 Å². The standard InChI is InChI=1S/C24H27N7O2S.C22H21N5O4S/c1-29-4-6-30(7-5-29)13-19-9-16(14-34-19)20-11-21(26-17-2-3-17)23-25-12-18(31(23)28-20)8-15-10-22(32)27-24(15)33;1-32(30,31)12-13-3-2-4-14(7-13)18-10-19(24-16-5-6-16)21-23-11-17(27(21)26-18)8-15-9-20(28)25-22(15)29/h8-9,11-12,14,17,26H,2-7,10,13H2,1H3,(H,27,32,33);2-4,7-8,10-11,16,24H,5-6,9,12H2,1H3,(H,25,28,29)/b2*15-8+. The normalized spacial score (nSPS) is 19.5. The number of hydrogen-bond donors (Lipinski definition) is 4. The molecule has 0 unspecified atom stereocenters. The predicted molar refractivity (Wildman–Crippen MR) is 251 cm³/mol. The second-order valence-electron chi connectivity index (χ2n) is 17.7. The van der Waals surface area contributed by atoms with Gasteiger partial charge in [-0.25, -0.2) is 27.4 Å². The van der Waals surface area contributed by atoms with E-state index in [9.17, 15) is 27.6 Å². The van der Waals surface area contributed by atoms with Gasteiger partial charge in [0.15, 0.2) is 21.1 Å². The molecule has 3 aliphatic heterocycles. The summed E-state index contributed by atoms with van der Waals surface area (Å²) in [5, 5.41) is 23.4. The third kappa shape index (κ3) is 9.96. The van der Waals surface area contributed by atoms with E-state index in [1.54, 1.807) is 57.0 Å². The van der Waals surface area contributed by atoms with Crippen LogP contribution in [-0.2, 0) is 41.3 Å². The molecule has 0 spiro atoms. The largest absolute Gasteiger partial charge is 0.379 e. The van der Waals surface area contributed by atoms with Crippen LogP contribution in [0.4, 0.5) is 11.4 Å². The lowest BCUT2D eigenvalue weighted by molar-refractivity contribution is -0.125. The summed E-state index contributed by atoms with van der Waals surface area (Å²) in [6, 6.07) is 14.3. The van der Waals surface area contributed by atoms with Crippen LogP contribution < -0.4 is 21.3 Å². The zero-order chi connectivity index (χ0) is 45.7. The van der Waals surface area contributed by atoms with Crippen LogP contribution in [0, 0.1) is 0 Å². The van der Waals surface area contributed by atoms with Gasteiger partial charge in [-0.1, -0.05) is 18.2 Å². The zero-order valence-corrected chi connectivity index (χ0v) is 38.0. The fourth-order valence-electron chi connectivity index (χ4n) is 8.10. The van der Waals surface area contributed by atoms with Crippen LogP contribution in [0.1, 0.15) is 60.4 Å². The fourth-order valence-corrected chi connectivity index (χ4v) is 9.81. The first-order valence-electron chi connectivity index (χ1n) is 21.9. The first kappa shape index (κ1) is 43.3. The highest BCUT2D eigenvalue weighted by molar-refractivity contribution is 7.89. The van der Waals surface area contributed by atoms with Crippen molar-refractivity contribution in [2.75, 3.05) is 50.1 Å². The maximum absolute atomic E-state index is 12.1. The Morgan fingerprint density at radius 3 is 1.79 bits per heavy atom. The lowest BCUT2D eigenvalue weighted by Gasteiger charge is -2.31. The maximum atomic E-state index is 12.1. The quantitative estimate of drug-likeness (QED) is 0.100. The lowest BCUT2D eigenvalue weighted by Crippen LogP contribution is -2.43. The van der Waals surface area contributed by atoms with Crippen molar-refractivity contribution in [2.24, 2.45) is 0 Å². The first-order chi connectivity index (χ1) is 31.8. The number of rotatable bonds is 12. The van der Waals surface area contributed by atoms with Crippen LogP contribution in [0.15, 0.2) is 71.4 Å². The molecule has 6 aromatic rings. The number of sulfone groups is 1. The molecular formula is C46H48N12O6S2. The van der Waals surface area contributed by atoms with E-state index in [1.807, 2.05) is 18.2 Å². The first-order valence-corrected chi connectivity index (χ1v) is 24.9. The van der Waals surface area contributed by atoms with E-state index >= 15 is 0 Å². The molecule has 5 aromatic heterocycles. The molecule has 11 rings (SSSR count). The molecule has 8 heterocycles. The Balaban J connectivity index is 0.000000155. The highest BCUT2D eigenvalue weighted by Crippen LogP contribution is 2.34. The number of nitrogens with one attached hydrogen (secondary N) is 4. The van der Waals surface area contributed by atoms with Crippen molar-refractivity contribution >= 4 is 79.6 Å². The number of nitrogens with zero attached hydrogens (tertiary/aromatic N) is 8. The van der Waals surface area contributed by atoms with E-state index < -0.39 is 15.7 Å². The minimum atomic E-state index is -3.17. The number of likely N-dealkylation sites (N-methyl/N-ethyl adjacent to an activating group) is 1. The molecule has 5 fully saturated rings. The molecule has 2 saturated carbocycles. The Bertz CT molecular complexity index is 3120. The molecule has 5 aliphatic rings. The van der Waals surface area contributed by atoms with E-state index in [-0.39, 0.29) is 36.3 Å². The number of carbonyl (C=O) groups excluding carboxylic acids is 4. The average molecular weight is 929 g/mol. The Morgan fingerprint density at radius 2 is 1.29 bits per heavy atom. The van der Waals surface area contributed by atoms with Crippen molar-refractivity contribution < 1.29 is 27.6 Å². The van der Waals surface area contributed by atoms with Crippen molar-refractivity contribution in [1.82, 2.24) is 49.6 Å². The van der Waals surface area contributed by atoms with Crippen molar-refractivity contribution in [3.63, 3.8) is 0 Å². The number of amides is 4. The SMILES string of the molecule is CN1CCN(Cc2cc(-c3cc(NC4CC4)c4ncc(/C=C5\CC(=O)NC5=O)n4n3)cs2)CC1.CS(=O)(=O)Cc1cccc(-c2cc(NC3CC3)c3ncc(/C=C4\CC(=O)NC4=O)n3n2)c1. The molecule has 66 heavy (non-hydrogen) atoms. The van der Waals surface area contributed by atoms with Crippen LogP contribution in [0.5, 0.6) is 0 Å². The summed E-state index contributed by atoms with van der Waals surface area (Å²) in [6.07, 6.45) is 12.4. The molecule has 0 radical (unpaired) electrons. The number of fused-ring (bicyclic) bond motifs is 2. The average Bonchev–Trinajstić information content (AvgIpc) is 4.02. The molecule has 4 amide bonds. The molecule has 3 saturated heterocycles. The van der Waals surface area contributed by atoms with Gasteiger partial charge in [-0.3, -0.25) is 34.7 Å². The summed E-state index contributed by atoms with van der Waals surface area (Å²) < 4.78 is 26.9. The molecule has 4 N–H and O–H groups in total. The number of imidazole rings is 2. The number of aromatic nitrogens is 6. The Labute approximate surface area is 384 Å². The summed E-state index contributed by atoms with van der Waals surface area (Å²) in [4.78, 5) is 62.5. The summed E-state index contributed by atoms with van der Waals surface area (Å²) >= 11 is 1.77. The van der Waals surface area contributed by atoms with Gasteiger partial charge in [-0.2, -0.15) is 10.2 Å². The summed E-state index contributed by atoms with van der Waals surface area (Å²) in [6.45, 7) is 5.35. The van der Waals surface area contributed by atoms with Crippen LogP contribution >= 0.6 is 11.3 Å². The van der Waals surface area contributed by atoms with Gasteiger partial charge in [-0.15, -0.1) is 11.3 Å². The number of anilines is 2. The molecule has 2 aliphatic carbocycles. The molecular weight excluding hydrogens is 881 g/mol. The number of piperazine rings is 1. The molecule has 20 heteroatoms. The van der Waals surface area contributed by atoms with Crippen molar-refractivity contribution in [3.05, 3.63) is 93.2 Å². The number of imide groups is 2. The minimum absolute atomic E-state index is 0.0203. The summed E-state index contributed by atoms with van der Waals surface area (Å²) in [7, 11) is -0.995. The van der Waals surface area contributed by atoms with Gasteiger partial charge in [0.1, 0.15) is 0 Å². The van der Waals surface area contributed by atoms with E-state index in [4.69, 9.17) is 10.2 Å². The molecule has 0 atom stereocenters. The minimum Gasteiger partial charge on any atom is -0.379 e. The van der Waals surface area contributed by atoms with Crippen LogP contribution in [0.2, 0.25) is 0 Å². The van der Waals surface area contributed by atoms with Gasteiger partial charge in [0.25, 0.3) is 11.8 Å². The van der Waals surface area contributed by atoms with Crippen LogP contribution in [0.25, 0.3) is 46.0 Å². The lowest BCUT2D eigenvalue weighted by atomic mass is 10.1. The van der Waals surface area contributed by atoms with Crippen LogP contribution in [-0.4, -0.2) is 123 Å². The third-order valence-corrected chi connectivity index (χ3v) is 13.7. The van der Waals surface area contributed by atoms with E-state index in [1.165, 1.54) is 11.1 Å². The Hall–Kier alpha value is -6.61.